The molecule has 0 bridgehead atoms. The highest BCUT2D eigenvalue weighted by Gasteiger charge is 2.41. The molecule has 1 aliphatic carbocycles. The first-order valence-corrected chi connectivity index (χ1v) is 13.7. The number of carbonyl (C=O) groups excluding carboxylic acids is 2. The molecule has 0 N–H and O–H groups in total. The van der Waals surface area contributed by atoms with Crippen LogP contribution in [-0.2, 0) is 36.5 Å². The summed E-state index contributed by atoms with van der Waals surface area (Å²) in [5.41, 5.74) is 0.102. The molecule has 4 rings (SSSR count). The molecular weight excluding hydrogens is 546 g/mol. The monoisotopic (exact) mass is 574 g/mol. The molecule has 2 aromatic carbocycles. The lowest BCUT2D eigenvalue weighted by molar-refractivity contribution is -0.143. The molecule has 2 amide bonds. The van der Waals surface area contributed by atoms with Gasteiger partial charge in [0.15, 0.2) is 0 Å². The fourth-order valence-corrected chi connectivity index (χ4v) is 5.82. The first-order chi connectivity index (χ1) is 18.2. The number of ether oxygens (including phenoxy) is 1. The standard InChI is InChI=1S/C27H28F6N2O3S/c1-4-38-24(36)35-15(2)8-22(21-11-17-6-5-7-18(17)12-23(21)35)34(25(37)39-3)14-16-9-19(26(28,29)30)13-20(10-16)27(31,32)33/h9-13,15,22H,4-8,14H2,1-3H3. The smallest absolute Gasteiger partial charge is 0.416 e. The lowest BCUT2D eigenvalue weighted by Crippen LogP contribution is -2.47. The van der Waals surface area contributed by atoms with Crippen LogP contribution < -0.4 is 4.90 Å². The Balaban J connectivity index is 1.83. The molecular formula is C27H28F6N2O3S. The topological polar surface area (TPSA) is 49.9 Å². The van der Waals surface area contributed by atoms with Crippen LogP contribution in [0, 0.1) is 0 Å². The van der Waals surface area contributed by atoms with E-state index in [1.807, 2.05) is 12.1 Å². The van der Waals surface area contributed by atoms with Crippen molar-refractivity contribution in [2.75, 3.05) is 17.8 Å². The van der Waals surface area contributed by atoms with E-state index in [2.05, 4.69) is 0 Å². The minimum Gasteiger partial charge on any atom is -0.449 e. The zero-order valence-electron chi connectivity index (χ0n) is 21.6. The number of fused-ring (bicyclic) bond motifs is 2. The van der Waals surface area contributed by atoms with Crippen molar-refractivity contribution in [2.24, 2.45) is 0 Å². The second kappa shape index (κ2) is 10.9. The van der Waals surface area contributed by atoms with Crippen molar-refractivity contribution in [3.8, 4) is 0 Å². The number of hydrogen-bond donors (Lipinski definition) is 0. The molecule has 2 atom stereocenters. The highest BCUT2D eigenvalue weighted by atomic mass is 32.2. The number of hydrogen-bond acceptors (Lipinski definition) is 4. The molecule has 5 nitrogen and oxygen atoms in total. The maximum atomic E-state index is 13.5. The van der Waals surface area contributed by atoms with Gasteiger partial charge in [-0.3, -0.25) is 9.69 Å². The molecule has 212 valence electrons. The van der Waals surface area contributed by atoms with Crippen LogP contribution in [0.15, 0.2) is 30.3 Å². The van der Waals surface area contributed by atoms with Gasteiger partial charge >= 0.3 is 18.4 Å². The lowest BCUT2D eigenvalue weighted by atomic mass is 9.88. The van der Waals surface area contributed by atoms with Gasteiger partial charge in [0, 0.05) is 12.6 Å². The van der Waals surface area contributed by atoms with E-state index < -0.39 is 53.4 Å². The average molecular weight is 575 g/mol. The van der Waals surface area contributed by atoms with Crippen LogP contribution in [0.2, 0.25) is 0 Å². The number of alkyl halides is 6. The fraction of sp³-hybridized carbons (Fsp3) is 0.481. The maximum absolute atomic E-state index is 13.5. The molecule has 0 aromatic heterocycles. The number of thioether (sulfide) groups is 1. The largest absolute Gasteiger partial charge is 0.449 e. The summed E-state index contributed by atoms with van der Waals surface area (Å²) in [6, 6.07) is 4.04. The van der Waals surface area contributed by atoms with Crippen LogP contribution >= 0.6 is 11.8 Å². The number of carbonyl (C=O) groups is 2. The molecule has 0 saturated heterocycles. The summed E-state index contributed by atoms with van der Waals surface area (Å²) >= 11 is 0.819. The first kappa shape index (κ1) is 29.1. The lowest BCUT2D eigenvalue weighted by Gasteiger charge is -2.43. The van der Waals surface area contributed by atoms with Gasteiger partial charge in [-0.15, -0.1) is 0 Å². The summed E-state index contributed by atoms with van der Waals surface area (Å²) in [5, 5.41) is -0.505. The van der Waals surface area contributed by atoms with E-state index in [-0.39, 0.29) is 24.7 Å². The molecule has 2 unspecified atom stereocenters. The van der Waals surface area contributed by atoms with Crippen molar-refractivity contribution >= 4 is 28.8 Å². The second-order valence-corrected chi connectivity index (χ2v) is 10.5. The van der Waals surface area contributed by atoms with Crippen molar-refractivity contribution in [3.63, 3.8) is 0 Å². The molecule has 1 heterocycles. The Hall–Kier alpha value is -2.89. The number of rotatable bonds is 4. The summed E-state index contributed by atoms with van der Waals surface area (Å²) < 4.78 is 86.3. The molecule has 39 heavy (non-hydrogen) atoms. The molecule has 2 aromatic rings. The van der Waals surface area contributed by atoms with Gasteiger partial charge < -0.3 is 9.64 Å². The highest BCUT2D eigenvalue weighted by molar-refractivity contribution is 8.12. The Labute approximate surface area is 226 Å². The Bertz CT molecular complexity index is 1230. The number of nitrogens with zero attached hydrogens (tertiary/aromatic N) is 2. The van der Waals surface area contributed by atoms with Gasteiger partial charge in [-0.1, -0.05) is 17.8 Å². The van der Waals surface area contributed by atoms with E-state index >= 15 is 0 Å². The number of amides is 2. The van der Waals surface area contributed by atoms with Crippen LogP contribution in [0.1, 0.15) is 66.1 Å². The van der Waals surface area contributed by atoms with Gasteiger partial charge in [0.05, 0.1) is 29.5 Å². The van der Waals surface area contributed by atoms with E-state index in [1.165, 1.54) is 16.1 Å². The molecule has 2 aliphatic rings. The normalized spacial score (nSPS) is 18.9. The van der Waals surface area contributed by atoms with Crippen molar-refractivity contribution in [1.29, 1.82) is 0 Å². The molecule has 1 aliphatic heterocycles. The van der Waals surface area contributed by atoms with Crippen LogP contribution in [-0.4, -0.2) is 35.1 Å². The van der Waals surface area contributed by atoms with Gasteiger partial charge in [-0.05, 0) is 92.3 Å². The predicted octanol–water partition coefficient (Wildman–Crippen LogP) is 7.99. The predicted molar refractivity (Wildman–Crippen MR) is 136 cm³/mol. The third kappa shape index (κ3) is 6.00. The van der Waals surface area contributed by atoms with Crippen LogP contribution in [0.25, 0.3) is 0 Å². The van der Waals surface area contributed by atoms with E-state index in [4.69, 9.17) is 4.74 Å². The van der Waals surface area contributed by atoms with Crippen molar-refractivity contribution < 1.29 is 40.7 Å². The van der Waals surface area contributed by atoms with Gasteiger partial charge in [-0.25, -0.2) is 4.79 Å². The zero-order valence-corrected chi connectivity index (χ0v) is 22.4. The SMILES string of the molecule is CCOC(=O)N1c2cc3c(cc2C(N(Cc2cc(C(F)(F)F)cc(C(F)(F)F)c2)C(=O)SC)CC1C)CCC3. The summed E-state index contributed by atoms with van der Waals surface area (Å²) in [7, 11) is 0. The number of aryl methyl sites for hydroxylation is 2. The van der Waals surface area contributed by atoms with Gasteiger partial charge in [0.25, 0.3) is 5.24 Å². The molecule has 0 saturated carbocycles. The van der Waals surface area contributed by atoms with Crippen molar-refractivity contribution in [3.05, 3.63) is 63.7 Å². The minimum absolute atomic E-state index is 0.0722. The number of halogens is 6. The Morgan fingerprint density at radius 1 is 1.00 bits per heavy atom. The third-order valence-electron chi connectivity index (χ3n) is 7.12. The Morgan fingerprint density at radius 3 is 2.13 bits per heavy atom. The van der Waals surface area contributed by atoms with E-state index in [9.17, 15) is 35.9 Å². The summed E-state index contributed by atoms with van der Waals surface area (Å²) in [4.78, 5) is 28.9. The second-order valence-electron chi connectivity index (χ2n) is 9.71. The van der Waals surface area contributed by atoms with Gasteiger partial charge in [0.2, 0.25) is 0 Å². The first-order valence-electron chi connectivity index (χ1n) is 12.5. The van der Waals surface area contributed by atoms with Gasteiger partial charge in [0.1, 0.15) is 0 Å². The van der Waals surface area contributed by atoms with E-state index in [0.717, 1.165) is 42.2 Å². The summed E-state index contributed by atoms with van der Waals surface area (Å²) in [6.07, 6.45) is -6.31. The van der Waals surface area contributed by atoms with E-state index in [1.54, 1.807) is 13.8 Å². The molecule has 0 spiro atoms. The van der Waals surface area contributed by atoms with Crippen LogP contribution in [0.4, 0.5) is 41.6 Å². The molecule has 12 heteroatoms. The minimum atomic E-state index is -5.00. The zero-order chi connectivity index (χ0) is 28.7. The number of anilines is 1. The average Bonchev–Trinajstić information content (AvgIpc) is 3.31. The molecule has 0 fully saturated rings. The Kier molecular flexibility index (Phi) is 8.16. The van der Waals surface area contributed by atoms with Gasteiger partial charge in [-0.2, -0.15) is 26.3 Å². The maximum Gasteiger partial charge on any atom is 0.416 e. The van der Waals surface area contributed by atoms with Crippen molar-refractivity contribution in [1.82, 2.24) is 4.90 Å². The van der Waals surface area contributed by atoms with E-state index in [0.29, 0.717) is 23.4 Å². The Morgan fingerprint density at radius 2 is 1.59 bits per heavy atom. The third-order valence-corrected chi connectivity index (χ3v) is 7.70. The quantitative estimate of drug-likeness (QED) is 0.348. The summed E-state index contributed by atoms with van der Waals surface area (Å²) in [6.45, 7) is 3.13. The summed E-state index contributed by atoms with van der Waals surface area (Å²) in [5.74, 6) is 0. The highest BCUT2D eigenvalue weighted by Crippen LogP contribution is 2.45. The molecule has 0 radical (unpaired) electrons. The van der Waals surface area contributed by atoms with Crippen molar-refractivity contribution in [2.45, 2.75) is 70.5 Å². The van der Waals surface area contributed by atoms with Crippen LogP contribution in [0.3, 0.4) is 0 Å². The van der Waals surface area contributed by atoms with Crippen LogP contribution in [0.5, 0.6) is 0 Å². The number of benzene rings is 2. The fourth-order valence-electron chi connectivity index (χ4n) is 5.39.